The van der Waals surface area contributed by atoms with E-state index < -0.39 is 137 Å². The van der Waals surface area contributed by atoms with Crippen molar-refractivity contribution in [2.24, 2.45) is 40.9 Å². The molecule has 8 aromatic carbocycles. The van der Waals surface area contributed by atoms with Crippen molar-refractivity contribution in [1.82, 2.24) is 0 Å². The van der Waals surface area contributed by atoms with Crippen LogP contribution >= 0.6 is 0 Å². The summed E-state index contributed by atoms with van der Waals surface area (Å²) >= 11 is 0. The fourth-order valence-electron chi connectivity index (χ4n) is 7.04. The largest absolute Gasteiger partial charge is 0.505 e. The first-order chi connectivity index (χ1) is 39.9. The second-order valence-corrected chi connectivity index (χ2v) is 22.6. The highest BCUT2D eigenvalue weighted by Crippen LogP contribution is 2.48. The van der Waals surface area contributed by atoms with Crippen molar-refractivity contribution in [2.75, 3.05) is 5.73 Å². The van der Waals surface area contributed by atoms with Crippen LogP contribution in [0.1, 0.15) is 0 Å². The molecule has 0 heterocycles. The summed E-state index contributed by atoms with van der Waals surface area (Å²) < 4.78 is 219. The standard InChI is InChI=1S/C43H29N9O18S4.3O3S/c44-38-37-21(2-11-30(43(37)57)49-46-24-5-9-27-20(13-24)1-10-29(41(27)55)48-47-25-6-12-32(54)33(17-25)70-19-53)14-35(73(64,65)66)39(38)51-50-31-18-28-22(15-34(31)72(61,62)63)16-36(74(67,68)69)40(42(28)56)52-45-23-3-7-26(8-4-23)71(58,59)60;3*1-4(2)3/h1-19,54-57H,44H2,(H,58,59,60)(H,61,62,63)(H,64,65,66)(H,67,68,69);;;. The third-order valence-corrected chi connectivity index (χ3v) is 14.0. The lowest BCUT2D eigenvalue weighted by molar-refractivity contribution is -0.120. The molecule has 0 saturated heterocycles. The number of hydrogen-bond donors (Lipinski definition) is 9. The van der Waals surface area contributed by atoms with Gasteiger partial charge >= 0.3 is 31.8 Å². The first-order valence-electron chi connectivity index (χ1n) is 21.5. The molecule has 0 bridgehead atoms. The Morgan fingerprint density at radius 2 is 0.849 bits per heavy atom. The molecule has 0 fully saturated rings. The lowest BCUT2D eigenvalue weighted by atomic mass is 10.1. The SMILES string of the molecule is Nc1c(N=Nc2cc3c(O)c(N=Nc4ccc(S(=O)(=O)O)cc4)c(S(=O)(=O)O)cc3cc2S(=O)(=O)O)c(S(=O)(=O)O)cc2ccc(N=Nc3ccc4c(O)c(N=Nc5ccc(O)c(OC=O)c5)ccc4c3)c(O)c12.O=S(=O)=O.O=S(=O)=O.O=S(=O)=O. The molecule has 0 amide bonds. The van der Waals surface area contributed by atoms with Gasteiger partial charge in [-0.2, -0.15) is 49.0 Å². The number of phenols is 4. The molecule has 43 heteroatoms. The van der Waals surface area contributed by atoms with Crippen molar-refractivity contribution >= 4 is 162 Å². The fraction of sp³-hybridized carbons (Fsp3) is 0. The maximum atomic E-state index is 12.7. The van der Waals surface area contributed by atoms with Crippen LogP contribution in [-0.4, -0.2) is 117 Å². The molecule has 450 valence electrons. The van der Waals surface area contributed by atoms with Crippen LogP contribution in [-0.2, 0) is 77.1 Å². The number of ether oxygens (including phenoxy) is 1. The van der Waals surface area contributed by atoms with E-state index in [-0.39, 0.29) is 62.9 Å². The average Bonchev–Trinajstić information content (AvgIpc) is 0.853. The molecular formula is C43H29N9O27S7. The molecule has 0 aliphatic carbocycles. The van der Waals surface area contributed by atoms with Crippen LogP contribution in [0.15, 0.2) is 170 Å². The first-order valence-corrected chi connectivity index (χ1v) is 30.3. The highest BCUT2D eigenvalue weighted by atomic mass is 32.2. The molecule has 0 aliphatic rings. The van der Waals surface area contributed by atoms with Gasteiger partial charge in [-0.1, -0.05) is 12.1 Å². The van der Waals surface area contributed by atoms with Crippen molar-refractivity contribution in [3.63, 3.8) is 0 Å². The van der Waals surface area contributed by atoms with Crippen LogP contribution in [0.5, 0.6) is 28.7 Å². The summed E-state index contributed by atoms with van der Waals surface area (Å²) in [5, 5.41) is 74.0. The topological polar surface area (TPSA) is 603 Å². The minimum Gasteiger partial charge on any atom is -0.505 e. The van der Waals surface area contributed by atoms with Gasteiger partial charge in [0.25, 0.3) is 46.9 Å². The van der Waals surface area contributed by atoms with Crippen LogP contribution in [0, 0.1) is 0 Å². The minimum absolute atomic E-state index is 0.0440. The number of aromatic hydroxyl groups is 4. The number of nitrogens with zero attached hydrogens (tertiary/aromatic N) is 8. The van der Waals surface area contributed by atoms with E-state index in [9.17, 15) is 77.1 Å². The number of azo groups is 4. The normalized spacial score (nSPS) is 11.9. The summed E-state index contributed by atoms with van der Waals surface area (Å²) in [6, 6.07) is 20.4. The number of rotatable bonds is 14. The number of benzene rings is 8. The fourth-order valence-corrected chi connectivity index (χ4v) is 9.49. The smallest absolute Gasteiger partial charge is 0.425 e. The predicted molar refractivity (Wildman–Crippen MR) is 288 cm³/mol. The molecule has 8 rings (SSSR count). The van der Waals surface area contributed by atoms with Crippen molar-refractivity contribution < 1.29 is 120 Å². The van der Waals surface area contributed by atoms with Gasteiger partial charge < -0.3 is 30.9 Å². The van der Waals surface area contributed by atoms with E-state index in [2.05, 4.69) is 45.7 Å². The van der Waals surface area contributed by atoms with E-state index in [4.69, 9.17) is 43.6 Å². The number of fused-ring (bicyclic) bond motifs is 3. The summed E-state index contributed by atoms with van der Waals surface area (Å²) in [4.78, 5) is 6.88. The van der Waals surface area contributed by atoms with Gasteiger partial charge in [0.15, 0.2) is 28.7 Å². The highest BCUT2D eigenvalue weighted by Gasteiger charge is 2.27. The molecule has 10 N–H and O–H groups in total. The Bertz CT molecular complexity index is 4990. The van der Waals surface area contributed by atoms with Gasteiger partial charge in [0.1, 0.15) is 43.1 Å². The van der Waals surface area contributed by atoms with Gasteiger partial charge in [0.05, 0.1) is 33.0 Å². The van der Waals surface area contributed by atoms with Crippen molar-refractivity contribution in [3.05, 3.63) is 109 Å². The maximum absolute atomic E-state index is 12.7. The van der Waals surface area contributed by atoms with Crippen LogP contribution in [0.25, 0.3) is 32.3 Å². The van der Waals surface area contributed by atoms with Gasteiger partial charge in [-0.3, -0.25) is 23.0 Å². The number of carbonyl (C=O) groups excluding carboxylic acids is 1. The quantitative estimate of drug-likeness (QED) is 0.0236. The van der Waals surface area contributed by atoms with Crippen molar-refractivity contribution in [1.29, 1.82) is 0 Å². The Morgan fingerprint density at radius 1 is 0.407 bits per heavy atom. The van der Waals surface area contributed by atoms with E-state index in [1.165, 1.54) is 54.6 Å². The monoisotopic (exact) mass is 1330 g/mol. The van der Waals surface area contributed by atoms with Gasteiger partial charge in [-0.25, -0.2) is 0 Å². The summed E-state index contributed by atoms with van der Waals surface area (Å²) in [6.07, 6.45) is 0. The predicted octanol–water partition coefficient (Wildman–Crippen LogP) is 6.72. The Balaban J connectivity index is 0.00000103. The molecule has 0 aromatic heterocycles. The third-order valence-electron chi connectivity index (χ3n) is 10.5. The number of phenolic OH excluding ortho intramolecular Hbond substituents is 4. The minimum atomic E-state index is -5.37. The zero-order valence-corrected chi connectivity index (χ0v) is 47.0. The highest BCUT2D eigenvalue weighted by molar-refractivity contribution is 7.86. The van der Waals surface area contributed by atoms with Gasteiger partial charge in [-0.15, -0.1) is 63.5 Å². The number of carbonyl (C=O) groups is 1. The number of hydrogen-bond acceptors (Lipinski definition) is 32. The Morgan fingerprint density at radius 3 is 1.38 bits per heavy atom. The molecule has 8 aromatic rings. The van der Waals surface area contributed by atoms with Crippen LogP contribution < -0.4 is 10.5 Å². The molecule has 0 radical (unpaired) electrons. The second-order valence-electron chi connectivity index (χ2n) is 15.8. The third kappa shape index (κ3) is 17.3. The van der Waals surface area contributed by atoms with Gasteiger partial charge in [0, 0.05) is 16.8 Å². The molecular weight excluding hydrogens is 1300 g/mol. The van der Waals surface area contributed by atoms with E-state index in [1.54, 1.807) is 6.07 Å². The van der Waals surface area contributed by atoms with Crippen molar-refractivity contribution in [2.45, 2.75) is 19.6 Å². The zero-order chi connectivity index (χ0) is 64.4. The molecule has 0 spiro atoms. The summed E-state index contributed by atoms with van der Waals surface area (Å²) in [6.45, 7) is 0.119. The molecule has 86 heavy (non-hydrogen) atoms. The van der Waals surface area contributed by atoms with Gasteiger partial charge in [-0.05, 0) is 107 Å². The van der Waals surface area contributed by atoms with E-state index in [0.717, 1.165) is 30.3 Å². The summed E-state index contributed by atoms with van der Waals surface area (Å²) in [5.74, 6) is -2.58. The van der Waals surface area contributed by atoms with Crippen LogP contribution in [0.2, 0.25) is 0 Å². The molecule has 0 unspecified atom stereocenters. The summed E-state index contributed by atoms with van der Waals surface area (Å²) in [7, 11) is -29.9. The van der Waals surface area contributed by atoms with E-state index in [0.29, 0.717) is 29.0 Å². The Kier molecular flexibility index (Phi) is 21.0. The lowest BCUT2D eigenvalue weighted by Crippen LogP contribution is -2.02. The zero-order valence-electron chi connectivity index (χ0n) is 41.3. The maximum Gasteiger partial charge on any atom is 0.425 e. The second kappa shape index (κ2) is 27.1. The first kappa shape index (κ1) is 66.7. The number of nitrogen functional groups attached to an aromatic ring is 1. The van der Waals surface area contributed by atoms with Gasteiger partial charge in [0.2, 0.25) is 0 Å². The van der Waals surface area contributed by atoms with E-state index >= 15 is 0 Å². The molecule has 36 nitrogen and oxygen atoms in total. The Labute approximate surface area is 483 Å². The number of anilines is 1. The van der Waals surface area contributed by atoms with Crippen LogP contribution in [0.3, 0.4) is 0 Å². The molecule has 0 atom stereocenters. The molecule has 0 saturated carbocycles. The Hall–Kier alpha value is -10.1. The van der Waals surface area contributed by atoms with E-state index in [1.807, 2.05) is 0 Å². The average molecular weight is 1330 g/mol. The summed E-state index contributed by atoms with van der Waals surface area (Å²) in [5.41, 5.74) is 2.93. The van der Waals surface area contributed by atoms with Crippen LogP contribution in [0.4, 0.5) is 51.2 Å². The van der Waals surface area contributed by atoms with Crippen molar-refractivity contribution in [3.8, 4) is 28.7 Å². The molecule has 0 aliphatic heterocycles. The number of nitrogens with two attached hydrogens (primary N) is 1. The lowest BCUT2D eigenvalue weighted by Gasteiger charge is -2.13.